The molecule has 7 nitrogen and oxygen atoms in total. The zero-order valence-corrected chi connectivity index (χ0v) is 19.3. The highest BCUT2D eigenvalue weighted by Gasteiger charge is 2.36. The number of anilines is 2. The molecule has 0 spiro atoms. The number of pyridine rings is 2. The van der Waals surface area contributed by atoms with E-state index in [1.807, 2.05) is 24.1 Å². The first-order valence-electron chi connectivity index (χ1n) is 11.3. The molecule has 0 bridgehead atoms. The van der Waals surface area contributed by atoms with Gasteiger partial charge in [0.1, 0.15) is 0 Å². The lowest BCUT2D eigenvalue weighted by molar-refractivity contribution is 0.364. The summed E-state index contributed by atoms with van der Waals surface area (Å²) in [7, 11) is 1.96. The van der Waals surface area contributed by atoms with Crippen molar-refractivity contribution in [3.05, 3.63) is 41.5 Å². The second kappa shape index (κ2) is 7.19. The minimum Gasteiger partial charge on any atom is -0.371 e. The van der Waals surface area contributed by atoms with Crippen molar-refractivity contribution in [1.82, 2.24) is 19.7 Å². The van der Waals surface area contributed by atoms with Crippen LogP contribution in [0.4, 0.5) is 11.4 Å². The number of aromatic nitrogens is 4. The molecular formula is C24H33N7. The van der Waals surface area contributed by atoms with E-state index in [-0.39, 0.29) is 5.54 Å². The van der Waals surface area contributed by atoms with E-state index in [2.05, 4.69) is 59.7 Å². The third kappa shape index (κ3) is 3.55. The van der Waals surface area contributed by atoms with Gasteiger partial charge in [-0.3, -0.25) is 9.67 Å². The van der Waals surface area contributed by atoms with Crippen molar-refractivity contribution in [1.29, 1.82) is 0 Å². The SMILES string of the molecule is Cc1cc(N2CC[C@@H](c3ncc(N4CC(C)(N)C4)cc3C)[C@H](C)C2)c2cnn(C)c2n1. The molecule has 7 heteroatoms. The van der Waals surface area contributed by atoms with Crippen LogP contribution < -0.4 is 15.5 Å². The van der Waals surface area contributed by atoms with Crippen molar-refractivity contribution >= 4 is 22.4 Å². The van der Waals surface area contributed by atoms with Crippen LogP contribution >= 0.6 is 0 Å². The summed E-state index contributed by atoms with van der Waals surface area (Å²) in [6, 6.07) is 4.50. The third-order valence-electron chi connectivity index (χ3n) is 6.98. The minimum absolute atomic E-state index is 0.0705. The molecule has 2 atom stereocenters. The molecule has 5 heterocycles. The average molecular weight is 420 g/mol. The third-order valence-corrected chi connectivity index (χ3v) is 6.98. The van der Waals surface area contributed by atoms with E-state index in [1.54, 1.807) is 0 Å². The lowest BCUT2D eigenvalue weighted by Gasteiger charge is -2.47. The first kappa shape index (κ1) is 20.2. The standard InChI is InChI=1S/C24H33N7/c1-15-8-18(31-13-24(4,25)14-31)10-26-22(15)19-6-7-30(12-16(19)2)21-9-17(3)28-23-20(21)11-27-29(23)5/h8-11,16,19H,6-7,12-14,25H2,1-5H3/t16-,19-/m1/s1. The molecule has 0 saturated carbocycles. The summed E-state index contributed by atoms with van der Waals surface area (Å²) in [5.74, 6) is 0.996. The molecule has 0 unspecified atom stereocenters. The first-order chi connectivity index (χ1) is 14.7. The number of hydrogen-bond donors (Lipinski definition) is 1. The Kier molecular flexibility index (Phi) is 4.70. The molecule has 2 fully saturated rings. The monoisotopic (exact) mass is 419 g/mol. The molecule has 0 aliphatic carbocycles. The van der Waals surface area contributed by atoms with E-state index < -0.39 is 0 Å². The van der Waals surface area contributed by atoms with Gasteiger partial charge in [-0.15, -0.1) is 0 Å². The van der Waals surface area contributed by atoms with Crippen molar-refractivity contribution in [2.45, 2.75) is 45.6 Å². The van der Waals surface area contributed by atoms with Crippen molar-refractivity contribution in [2.24, 2.45) is 18.7 Å². The van der Waals surface area contributed by atoms with Gasteiger partial charge in [0.25, 0.3) is 0 Å². The summed E-state index contributed by atoms with van der Waals surface area (Å²) in [5.41, 5.74) is 13.1. The second-order valence-electron chi connectivity index (χ2n) is 10.0. The van der Waals surface area contributed by atoms with Crippen LogP contribution in [0.25, 0.3) is 11.0 Å². The van der Waals surface area contributed by atoms with E-state index in [4.69, 9.17) is 10.7 Å². The van der Waals surface area contributed by atoms with Crippen LogP contribution in [-0.2, 0) is 7.05 Å². The van der Waals surface area contributed by atoms with E-state index in [0.29, 0.717) is 11.8 Å². The van der Waals surface area contributed by atoms with E-state index >= 15 is 0 Å². The zero-order chi connectivity index (χ0) is 21.9. The Morgan fingerprint density at radius 2 is 1.90 bits per heavy atom. The zero-order valence-electron chi connectivity index (χ0n) is 19.3. The number of rotatable bonds is 3. The first-order valence-corrected chi connectivity index (χ1v) is 11.3. The Bertz CT molecular complexity index is 1120. The van der Waals surface area contributed by atoms with Gasteiger partial charge in [-0.05, 0) is 50.8 Å². The van der Waals surface area contributed by atoms with Gasteiger partial charge in [0.05, 0.1) is 29.2 Å². The normalized spacial score (nSPS) is 23.3. The number of piperidine rings is 1. The Labute approximate surface area is 184 Å². The van der Waals surface area contributed by atoms with Gasteiger partial charge in [-0.1, -0.05) is 6.92 Å². The van der Waals surface area contributed by atoms with Crippen LogP contribution in [0.5, 0.6) is 0 Å². The van der Waals surface area contributed by atoms with Crippen molar-refractivity contribution < 1.29 is 0 Å². The largest absolute Gasteiger partial charge is 0.371 e. The quantitative estimate of drug-likeness (QED) is 0.703. The second-order valence-corrected chi connectivity index (χ2v) is 10.0. The predicted octanol–water partition coefficient (Wildman–Crippen LogP) is 3.15. The highest BCUT2D eigenvalue weighted by Crippen LogP contribution is 2.38. The number of nitrogens with zero attached hydrogens (tertiary/aromatic N) is 6. The molecule has 2 aliphatic rings. The fourth-order valence-electron chi connectivity index (χ4n) is 5.39. The van der Waals surface area contributed by atoms with Gasteiger partial charge >= 0.3 is 0 Å². The number of hydrogen-bond acceptors (Lipinski definition) is 6. The molecule has 3 aromatic heterocycles. The number of aryl methyl sites for hydroxylation is 3. The van der Waals surface area contributed by atoms with Gasteiger partial charge in [0.2, 0.25) is 0 Å². The van der Waals surface area contributed by atoms with Gasteiger partial charge in [0.15, 0.2) is 5.65 Å². The molecule has 164 valence electrons. The summed E-state index contributed by atoms with van der Waals surface area (Å²) >= 11 is 0. The van der Waals surface area contributed by atoms with Gasteiger partial charge in [-0.2, -0.15) is 5.10 Å². The molecule has 0 radical (unpaired) electrons. The highest BCUT2D eigenvalue weighted by atomic mass is 15.3. The van der Waals surface area contributed by atoms with E-state index in [0.717, 1.165) is 49.3 Å². The topological polar surface area (TPSA) is 76.1 Å². The van der Waals surface area contributed by atoms with Crippen LogP contribution in [0, 0.1) is 19.8 Å². The van der Waals surface area contributed by atoms with Crippen LogP contribution in [-0.4, -0.2) is 51.5 Å². The van der Waals surface area contributed by atoms with E-state index in [1.165, 1.54) is 22.6 Å². The molecule has 0 aromatic carbocycles. The summed E-state index contributed by atoms with van der Waals surface area (Å²) in [6.45, 7) is 12.6. The maximum Gasteiger partial charge on any atom is 0.159 e. The Morgan fingerprint density at radius 3 is 2.58 bits per heavy atom. The van der Waals surface area contributed by atoms with Gasteiger partial charge in [-0.25, -0.2) is 4.98 Å². The molecule has 31 heavy (non-hydrogen) atoms. The van der Waals surface area contributed by atoms with Gasteiger partial charge < -0.3 is 15.5 Å². The fourth-order valence-corrected chi connectivity index (χ4v) is 5.39. The summed E-state index contributed by atoms with van der Waals surface area (Å²) in [4.78, 5) is 14.4. The summed E-state index contributed by atoms with van der Waals surface area (Å²) in [5, 5.41) is 5.57. The molecule has 2 aliphatic heterocycles. The van der Waals surface area contributed by atoms with Crippen LogP contribution in [0.1, 0.15) is 43.1 Å². The number of fused-ring (bicyclic) bond motifs is 1. The molecule has 5 rings (SSSR count). The van der Waals surface area contributed by atoms with Crippen molar-refractivity contribution in [2.75, 3.05) is 36.0 Å². The summed E-state index contributed by atoms with van der Waals surface area (Å²) in [6.07, 6.45) is 5.09. The average Bonchev–Trinajstić information content (AvgIpc) is 3.06. The lowest BCUT2D eigenvalue weighted by atomic mass is 9.82. The number of nitrogens with two attached hydrogens (primary N) is 1. The molecule has 3 aromatic rings. The van der Waals surface area contributed by atoms with Crippen LogP contribution in [0.3, 0.4) is 0 Å². The maximum atomic E-state index is 6.18. The van der Waals surface area contributed by atoms with Gasteiger partial charge in [0, 0.05) is 56.1 Å². The van der Waals surface area contributed by atoms with Crippen molar-refractivity contribution in [3.63, 3.8) is 0 Å². The van der Waals surface area contributed by atoms with Crippen molar-refractivity contribution in [3.8, 4) is 0 Å². The molecule has 2 N–H and O–H groups in total. The minimum atomic E-state index is -0.0705. The Morgan fingerprint density at radius 1 is 1.13 bits per heavy atom. The maximum absolute atomic E-state index is 6.18. The van der Waals surface area contributed by atoms with Crippen LogP contribution in [0.2, 0.25) is 0 Å². The molecule has 2 saturated heterocycles. The highest BCUT2D eigenvalue weighted by molar-refractivity contribution is 5.89. The predicted molar refractivity (Wildman–Crippen MR) is 126 cm³/mol. The smallest absolute Gasteiger partial charge is 0.159 e. The fraction of sp³-hybridized carbons (Fsp3) is 0.542. The van der Waals surface area contributed by atoms with E-state index in [9.17, 15) is 0 Å². The lowest BCUT2D eigenvalue weighted by Crippen LogP contribution is -2.65. The Balaban J connectivity index is 1.35. The summed E-state index contributed by atoms with van der Waals surface area (Å²) < 4.78 is 1.86. The Hall–Kier alpha value is -2.67. The van der Waals surface area contributed by atoms with Crippen LogP contribution in [0.15, 0.2) is 24.5 Å². The molecular weight excluding hydrogens is 386 g/mol. The molecule has 0 amide bonds.